The minimum atomic E-state index is -0.625. The quantitative estimate of drug-likeness (QED) is 0.864. The molecule has 0 bridgehead atoms. The van der Waals surface area contributed by atoms with Gasteiger partial charge in [0, 0.05) is 19.6 Å². The average molecular weight is 260 g/mol. The average Bonchev–Trinajstić information content (AvgIpc) is 3.00. The summed E-state index contributed by atoms with van der Waals surface area (Å²) in [7, 11) is 0. The molecule has 3 N–H and O–H groups in total. The number of fused-ring (bicyclic) bond motifs is 1. The van der Waals surface area contributed by atoms with E-state index < -0.39 is 5.54 Å². The van der Waals surface area contributed by atoms with Crippen LogP contribution in [-0.2, 0) is 5.54 Å². The Kier molecular flexibility index (Phi) is 3.61. The van der Waals surface area contributed by atoms with Crippen molar-refractivity contribution < 1.29 is 5.11 Å². The summed E-state index contributed by atoms with van der Waals surface area (Å²) in [4.78, 5) is 2.46. The molecule has 1 aromatic rings. The second-order valence-electron chi connectivity index (χ2n) is 6.33. The molecule has 2 aliphatic rings. The van der Waals surface area contributed by atoms with Gasteiger partial charge >= 0.3 is 0 Å². The second kappa shape index (κ2) is 5.23. The Morgan fingerprint density at radius 1 is 1.16 bits per heavy atom. The van der Waals surface area contributed by atoms with E-state index >= 15 is 0 Å². The van der Waals surface area contributed by atoms with E-state index in [1.807, 2.05) is 30.3 Å². The minimum absolute atomic E-state index is 0.00282. The molecule has 3 nitrogen and oxygen atoms in total. The van der Waals surface area contributed by atoms with Gasteiger partial charge in [0.1, 0.15) is 0 Å². The zero-order chi connectivity index (χ0) is 13.3. The van der Waals surface area contributed by atoms with Crippen LogP contribution < -0.4 is 5.73 Å². The molecule has 3 rings (SSSR count). The summed E-state index contributed by atoms with van der Waals surface area (Å²) < 4.78 is 0. The normalized spacial score (nSPS) is 30.2. The van der Waals surface area contributed by atoms with Gasteiger partial charge in [-0.3, -0.25) is 0 Å². The summed E-state index contributed by atoms with van der Waals surface area (Å²) in [5, 5.41) is 9.75. The third-order valence-corrected chi connectivity index (χ3v) is 4.94. The molecule has 2 fully saturated rings. The highest BCUT2D eigenvalue weighted by molar-refractivity contribution is 5.24. The number of likely N-dealkylation sites (tertiary alicyclic amines) is 1. The third-order valence-electron chi connectivity index (χ3n) is 4.94. The van der Waals surface area contributed by atoms with Crippen LogP contribution in [-0.4, -0.2) is 36.2 Å². The lowest BCUT2D eigenvalue weighted by Crippen LogP contribution is -2.50. The van der Waals surface area contributed by atoms with E-state index in [1.54, 1.807) is 0 Å². The van der Waals surface area contributed by atoms with E-state index in [2.05, 4.69) is 4.90 Å². The summed E-state index contributed by atoms with van der Waals surface area (Å²) in [5.41, 5.74) is 6.87. The zero-order valence-electron chi connectivity index (χ0n) is 11.5. The fraction of sp³-hybridized carbons (Fsp3) is 0.625. The first-order valence-corrected chi connectivity index (χ1v) is 7.39. The fourth-order valence-corrected chi connectivity index (χ4v) is 3.86. The second-order valence-corrected chi connectivity index (χ2v) is 6.33. The molecule has 1 saturated heterocycles. The van der Waals surface area contributed by atoms with E-state index in [4.69, 9.17) is 5.73 Å². The van der Waals surface area contributed by atoms with Crippen molar-refractivity contribution in [3.8, 4) is 0 Å². The van der Waals surface area contributed by atoms with Crippen molar-refractivity contribution in [2.24, 2.45) is 17.6 Å². The highest BCUT2D eigenvalue weighted by Gasteiger charge is 2.39. The first kappa shape index (κ1) is 13.1. The Hall–Kier alpha value is -0.900. The van der Waals surface area contributed by atoms with Crippen molar-refractivity contribution >= 4 is 0 Å². The lowest BCUT2D eigenvalue weighted by Gasteiger charge is -2.33. The van der Waals surface area contributed by atoms with Crippen LogP contribution in [0.4, 0.5) is 0 Å². The van der Waals surface area contributed by atoms with E-state index in [9.17, 15) is 5.11 Å². The first-order chi connectivity index (χ1) is 9.21. The molecule has 1 aliphatic heterocycles. The maximum Gasteiger partial charge on any atom is 0.0772 e. The molecule has 1 heterocycles. The van der Waals surface area contributed by atoms with Crippen LogP contribution in [0.15, 0.2) is 30.3 Å². The molecule has 3 heteroatoms. The van der Waals surface area contributed by atoms with Crippen molar-refractivity contribution in [1.29, 1.82) is 0 Å². The molecule has 0 radical (unpaired) electrons. The molecule has 3 unspecified atom stereocenters. The molecule has 0 spiro atoms. The first-order valence-electron chi connectivity index (χ1n) is 7.39. The summed E-state index contributed by atoms with van der Waals surface area (Å²) in [5.74, 6) is 1.75. The van der Waals surface area contributed by atoms with Crippen LogP contribution >= 0.6 is 0 Å². The standard InChI is InChI=1S/C16H24N2O/c17-16(12-19,15-7-2-1-3-8-15)11-18-9-13-5-4-6-14(13)10-18/h1-3,7-8,13-14,19H,4-6,9-12,17H2. The van der Waals surface area contributed by atoms with Gasteiger partial charge in [-0.25, -0.2) is 0 Å². The Balaban J connectivity index is 1.70. The number of aliphatic hydroxyl groups excluding tert-OH is 1. The van der Waals surface area contributed by atoms with Crippen molar-refractivity contribution in [1.82, 2.24) is 4.90 Å². The van der Waals surface area contributed by atoms with Crippen LogP contribution in [0.5, 0.6) is 0 Å². The smallest absolute Gasteiger partial charge is 0.0772 e. The van der Waals surface area contributed by atoms with E-state index in [0.717, 1.165) is 37.0 Å². The van der Waals surface area contributed by atoms with Crippen LogP contribution in [0, 0.1) is 11.8 Å². The molecular formula is C16H24N2O. The lowest BCUT2D eigenvalue weighted by molar-refractivity contribution is 0.145. The summed E-state index contributed by atoms with van der Waals surface area (Å²) in [6, 6.07) is 10.0. The van der Waals surface area contributed by atoms with E-state index in [0.29, 0.717) is 0 Å². The third kappa shape index (κ3) is 2.55. The van der Waals surface area contributed by atoms with Gasteiger partial charge in [0.25, 0.3) is 0 Å². The van der Waals surface area contributed by atoms with Gasteiger partial charge in [-0.1, -0.05) is 36.8 Å². The van der Waals surface area contributed by atoms with Crippen LogP contribution in [0.3, 0.4) is 0 Å². The Bertz CT molecular complexity index is 410. The number of hydrogen-bond acceptors (Lipinski definition) is 3. The largest absolute Gasteiger partial charge is 0.394 e. The predicted molar refractivity (Wildman–Crippen MR) is 76.7 cm³/mol. The molecule has 0 aromatic heterocycles. The zero-order valence-corrected chi connectivity index (χ0v) is 11.5. The molecule has 1 aliphatic carbocycles. The van der Waals surface area contributed by atoms with Gasteiger partial charge in [0.15, 0.2) is 0 Å². The summed E-state index contributed by atoms with van der Waals surface area (Å²) in [6.07, 6.45) is 4.15. The predicted octanol–water partition coefficient (Wildman–Crippen LogP) is 1.56. The number of rotatable bonds is 4. The van der Waals surface area contributed by atoms with Gasteiger partial charge in [-0.15, -0.1) is 0 Å². The maximum absolute atomic E-state index is 9.75. The van der Waals surface area contributed by atoms with Crippen molar-refractivity contribution in [2.75, 3.05) is 26.2 Å². The Labute approximate surface area is 115 Å². The Morgan fingerprint density at radius 2 is 1.79 bits per heavy atom. The fourth-order valence-electron chi connectivity index (χ4n) is 3.86. The molecule has 19 heavy (non-hydrogen) atoms. The number of aliphatic hydroxyl groups is 1. The van der Waals surface area contributed by atoms with Crippen molar-refractivity contribution in [3.05, 3.63) is 35.9 Å². The monoisotopic (exact) mass is 260 g/mol. The van der Waals surface area contributed by atoms with Gasteiger partial charge < -0.3 is 15.7 Å². The van der Waals surface area contributed by atoms with Gasteiger partial charge in [-0.2, -0.15) is 0 Å². The number of hydrogen-bond donors (Lipinski definition) is 2. The molecule has 0 amide bonds. The van der Waals surface area contributed by atoms with Gasteiger partial charge in [0.2, 0.25) is 0 Å². The van der Waals surface area contributed by atoms with E-state index in [1.165, 1.54) is 19.3 Å². The maximum atomic E-state index is 9.75. The lowest BCUT2D eigenvalue weighted by atomic mass is 9.91. The van der Waals surface area contributed by atoms with Crippen LogP contribution in [0.2, 0.25) is 0 Å². The van der Waals surface area contributed by atoms with Crippen molar-refractivity contribution in [2.45, 2.75) is 24.8 Å². The van der Waals surface area contributed by atoms with Crippen LogP contribution in [0.25, 0.3) is 0 Å². The van der Waals surface area contributed by atoms with Gasteiger partial charge in [-0.05, 0) is 30.2 Å². The molecule has 3 atom stereocenters. The number of nitrogens with zero attached hydrogens (tertiary/aromatic N) is 1. The van der Waals surface area contributed by atoms with E-state index in [-0.39, 0.29) is 6.61 Å². The molecular weight excluding hydrogens is 236 g/mol. The summed E-state index contributed by atoms with van der Waals surface area (Å²) in [6.45, 7) is 3.09. The molecule has 1 saturated carbocycles. The SMILES string of the molecule is NC(CO)(CN1CC2CCCC2C1)c1ccccc1. The number of benzene rings is 1. The summed E-state index contributed by atoms with van der Waals surface area (Å²) >= 11 is 0. The number of nitrogens with two attached hydrogens (primary N) is 1. The molecule has 104 valence electrons. The van der Waals surface area contributed by atoms with Gasteiger partial charge in [0.05, 0.1) is 12.1 Å². The van der Waals surface area contributed by atoms with Crippen molar-refractivity contribution in [3.63, 3.8) is 0 Å². The highest BCUT2D eigenvalue weighted by atomic mass is 16.3. The van der Waals surface area contributed by atoms with Crippen LogP contribution in [0.1, 0.15) is 24.8 Å². The Morgan fingerprint density at radius 3 is 2.37 bits per heavy atom. The highest BCUT2D eigenvalue weighted by Crippen LogP contribution is 2.38. The minimum Gasteiger partial charge on any atom is -0.394 e. The molecule has 1 aromatic carbocycles. The topological polar surface area (TPSA) is 49.5 Å².